The summed E-state index contributed by atoms with van der Waals surface area (Å²) >= 11 is 14.3. The van der Waals surface area contributed by atoms with E-state index >= 15 is 0 Å². The summed E-state index contributed by atoms with van der Waals surface area (Å²) in [5.74, 6) is -0.289. The second-order valence-corrected chi connectivity index (χ2v) is 10.4. The van der Waals surface area contributed by atoms with E-state index in [1.165, 1.54) is 28.9 Å². The Morgan fingerprint density at radius 3 is 2.56 bits per heavy atom. The number of halogens is 2. The highest BCUT2D eigenvalue weighted by Crippen LogP contribution is 2.40. The maximum Gasteiger partial charge on any atom is 0.254 e. The SMILES string of the molecule is COSN(C)c1c2n(c3ccc(C)cc13)CC(NC(=O)c1c(Cl)cc(-n3cnnc3)cc1Cl)CC2.S. The summed E-state index contributed by atoms with van der Waals surface area (Å²) in [5, 5.41) is 12.5. The van der Waals surface area contributed by atoms with Crippen molar-refractivity contribution in [1.82, 2.24) is 24.6 Å². The van der Waals surface area contributed by atoms with Crippen molar-refractivity contribution >= 4 is 71.4 Å². The summed E-state index contributed by atoms with van der Waals surface area (Å²) in [6.07, 6.45) is 4.70. The van der Waals surface area contributed by atoms with E-state index < -0.39 is 0 Å². The molecule has 0 aliphatic carbocycles. The van der Waals surface area contributed by atoms with Gasteiger partial charge in [-0.15, -0.1) is 10.2 Å². The van der Waals surface area contributed by atoms with Crippen LogP contribution in [0.2, 0.25) is 10.0 Å². The lowest BCUT2D eigenvalue weighted by atomic mass is 10.0. The van der Waals surface area contributed by atoms with E-state index in [0.29, 0.717) is 12.2 Å². The molecule has 0 saturated heterocycles. The smallest absolute Gasteiger partial charge is 0.254 e. The molecule has 1 unspecified atom stereocenters. The number of nitrogens with one attached hydrogen (secondary N) is 1. The van der Waals surface area contributed by atoms with Gasteiger partial charge in [0.15, 0.2) is 0 Å². The maximum atomic E-state index is 13.2. The number of carbonyl (C=O) groups is 1. The van der Waals surface area contributed by atoms with E-state index in [1.807, 2.05) is 7.05 Å². The molecule has 2 aromatic carbocycles. The summed E-state index contributed by atoms with van der Waals surface area (Å²) in [5.41, 5.74) is 5.66. The van der Waals surface area contributed by atoms with Crippen LogP contribution in [-0.4, -0.2) is 45.4 Å². The Morgan fingerprint density at radius 1 is 1.19 bits per heavy atom. The lowest BCUT2D eigenvalue weighted by Crippen LogP contribution is -2.41. The van der Waals surface area contributed by atoms with Crippen molar-refractivity contribution in [3.05, 3.63) is 69.9 Å². The zero-order valence-corrected chi connectivity index (χ0v) is 23.3. The van der Waals surface area contributed by atoms with Gasteiger partial charge in [0.1, 0.15) is 24.9 Å². The van der Waals surface area contributed by atoms with Crippen LogP contribution in [0.25, 0.3) is 16.6 Å². The first-order chi connectivity index (χ1) is 16.9. The van der Waals surface area contributed by atoms with Crippen LogP contribution in [0.3, 0.4) is 0 Å². The molecular formula is C24H26Cl2N6O2S2. The number of rotatable bonds is 6. The third kappa shape index (κ3) is 4.92. The Bertz CT molecular complexity index is 1390. The minimum Gasteiger partial charge on any atom is -0.347 e. The zero-order chi connectivity index (χ0) is 24.7. The number of nitrogens with zero attached hydrogens (tertiary/aromatic N) is 5. The van der Waals surface area contributed by atoms with Crippen LogP contribution < -0.4 is 9.62 Å². The summed E-state index contributed by atoms with van der Waals surface area (Å²) in [7, 11) is 3.67. The molecule has 0 bridgehead atoms. The van der Waals surface area contributed by atoms with Gasteiger partial charge in [0.05, 0.1) is 39.6 Å². The largest absolute Gasteiger partial charge is 0.347 e. The van der Waals surface area contributed by atoms with Crippen LogP contribution >= 0.6 is 48.9 Å². The Hall–Kier alpha value is -2.37. The number of fused-ring (bicyclic) bond motifs is 3. The Morgan fingerprint density at radius 2 is 1.89 bits per heavy atom. The fourth-order valence-corrected chi connectivity index (χ4v) is 5.87. The van der Waals surface area contributed by atoms with Crippen LogP contribution in [0.1, 0.15) is 28.0 Å². The van der Waals surface area contributed by atoms with Crippen molar-refractivity contribution in [3.63, 3.8) is 0 Å². The maximum absolute atomic E-state index is 13.2. The Kier molecular flexibility index (Phi) is 8.11. The molecule has 1 aliphatic heterocycles. The zero-order valence-electron chi connectivity index (χ0n) is 20.0. The van der Waals surface area contributed by atoms with Crippen molar-refractivity contribution in [2.45, 2.75) is 32.4 Å². The van der Waals surface area contributed by atoms with Gasteiger partial charge in [-0.1, -0.05) is 34.8 Å². The van der Waals surface area contributed by atoms with E-state index in [0.717, 1.165) is 24.0 Å². The summed E-state index contributed by atoms with van der Waals surface area (Å²) in [6, 6.07) is 9.76. The van der Waals surface area contributed by atoms with Gasteiger partial charge in [0.25, 0.3) is 5.91 Å². The van der Waals surface area contributed by atoms with Gasteiger partial charge in [0.2, 0.25) is 0 Å². The van der Waals surface area contributed by atoms with Gasteiger partial charge < -0.3 is 9.88 Å². The van der Waals surface area contributed by atoms with Gasteiger partial charge in [-0.3, -0.25) is 17.8 Å². The molecule has 2 aromatic heterocycles. The molecule has 12 heteroatoms. The molecule has 1 atom stereocenters. The number of hydrogen-bond acceptors (Lipinski definition) is 6. The second-order valence-electron chi connectivity index (χ2n) is 8.53. The molecule has 1 aliphatic rings. The number of aromatic nitrogens is 4. The predicted octanol–water partition coefficient (Wildman–Crippen LogP) is 5.34. The van der Waals surface area contributed by atoms with Gasteiger partial charge in [-0.05, 0) is 44.0 Å². The van der Waals surface area contributed by atoms with Crippen molar-refractivity contribution in [3.8, 4) is 5.69 Å². The number of hydrogen-bond donors (Lipinski definition) is 1. The molecule has 1 amide bonds. The van der Waals surface area contributed by atoms with E-state index in [1.54, 1.807) is 36.5 Å². The number of aryl methyl sites for hydroxylation is 1. The minimum absolute atomic E-state index is 0. The molecule has 8 nitrogen and oxygen atoms in total. The second kappa shape index (κ2) is 10.9. The average Bonchev–Trinajstić information content (AvgIpc) is 3.45. The third-order valence-corrected chi connectivity index (χ3v) is 7.39. The standard InChI is InChI=1S/C24H24Cl2N6O2S.H2S/c1-14-4-6-20-17(8-14)23(30(2)35-34-3)21-7-5-15(11-32(20)21)29-24(33)22-18(25)9-16(10-19(22)26)31-12-27-28-13-31;/h4,6,8-10,12-13,15H,5,7,11H2,1-3H3,(H,29,33);1H2. The highest BCUT2D eigenvalue weighted by atomic mass is 35.5. The minimum atomic E-state index is -0.289. The Labute approximate surface area is 230 Å². The fraction of sp³-hybridized carbons (Fsp3) is 0.292. The monoisotopic (exact) mass is 564 g/mol. The topological polar surface area (TPSA) is 77.2 Å². The summed E-state index contributed by atoms with van der Waals surface area (Å²) < 4.78 is 11.3. The average molecular weight is 566 g/mol. The number of anilines is 1. The highest BCUT2D eigenvalue weighted by molar-refractivity contribution is 7.96. The fourth-order valence-electron chi connectivity index (χ4n) is 4.72. The van der Waals surface area contributed by atoms with Crippen LogP contribution in [0.4, 0.5) is 5.69 Å². The molecule has 4 aromatic rings. The van der Waals surface area contributed by atoms with Crippen LogP contribution in [0.15, 0.2) is 43.0 Å². The summed E-state index contributed by atoms with van der Waals surface area (Å²) in [4.78, 5) is 13.2. The molecule has 36 heavy (non-hydrogen) atoms. The van der Waals surface area contributed by atoms with E-state index in [4.69, 9.17) is 27.4 Å². The van der Waals surface area contributed by atoms with Crippen molar-refractivity contribution in [2.24, 2.45) is 0 Å². The first kappa shape index (κ1) is 26.7. The molecule has 0 radical (unpaired) electrons. The molecule has 0 fully saturated rings. The molecular weight excluding hydrogens is 539 g/mol. The quantitative estimate of drug-likeness (QED) is 0.251. The van der Waals surface area contributed by atoms with Crippen molar-refractivity contribution in [1.29, 1.82) is 0 Å². The van der Waals surface area contributed by atoms with Gasteiger partial charge in [-0.2, -0.15) is 13.5 Å². The van der Waals surface area contributed by atoms with Gasteiger partial charge in [0, 0.05) is 30.7 Å². The predicted molar refractivity (Wildman–Crippen MR) is 151 cm³/mol. The van der Waals surface area contributed by atoms with Crippen LogP contribution in [-0.2, 0) is 17.1 Å². The van der Waals surface area contributed by atoms with E-state index in [9.17, 15) is 4.79 Å². The molecule has 0 saturated carbocycles. The summed E-state index contributed by atoms with van der Waals surface area (Å²) in [6.45, 7) is 2.74. The molecule has 190 valence electrons. The molecule has 0 spiro atoms. The van der Waals surface area contributed by atoms with Gasteiger partial charge >= 0.3 is 0 Å². The van der Waals surface area contributed by atoms with E-state index in [-0.39, 0.29) is 41.1 Å². The number of benzene rings is 2. The first-order valence-corrected chi connectivity index (χ1v) is 12.5. The normalized spacial score (nSPS) is 14.9. The van der Waals surface area contributed by atoms with Crippen LogP contribution in [0.5, 0.6) is 0 Å². The molecule has 3 heterocycles. The lowest BCUT2D eigenvalue weighted by Gasteiger charge is -2.28. The van der Waals surface area contributed by atoms with Crippen molar-refractivity contribution < 1.29 is 8.98 Å². The van der Waals surface area contributed by atoms with E-state index in [2.05, 4.69) is 49.5 Å². The van der Waals surface area contributed by atoms with Gasteiger partial charge in [-0.25, -0.2) is 0 Å². The van der Waals surface area contributed by atoms with Crippen molar-refractivity contribution in [2.75, 3.05) is 18.5 Å². The highest BCUT2D eigenvalue weighted by Gasteiger charge is 2.29. The third-order valence-electron chi connectivity index (χ3n) is 6.24. The van der Waals surface area contributed by atoms with Crippen LogP contribution in [0, 0.1) is 6.92 Å². The molecule has 5 rings (SSSR count). The lowest BCUT2D eigenvalue weighted by molar-refractivity contribution is 0.0928. The number of carbonyl (C=O) groups excluding carboxylic acids is 1. The molecule has 1 N–H and O–H groups in total. The number of amides is 1. The Balaban J connectivity index is 0.00000304. The first-order valence-electron chi connectivity index (χ1n) is 11.1.